The lowest BCUT2D eigenvalue weighted by molar-refractivity contribution is 0.102. The van der Waals surface area contributed by atoms with E-state index in [4.69, 9.17) is 10.00 Å². The van der Waals surface area contributed by atoms with Crippen molar-refractivity contribution >= 4 is 23.1 Å². The molecule has 0 radical (unpaired) electrons. The van der Waals surface area contributed by atoms with Crippen molar-refractivity contribution in [3.05, 3.63) is 40.2 Å². The number of nitrogens with one attached hydrogen (secondary N) is 1. The van der Waals surface area contributed by atoms with Crippen LogP contribution in [-0.2, 0) is 0 Å². The lowest BCUT2D eigenvalue weighted by atomic mass is 10.3. The summed E-state index contributed by atoms with van der Waals surface area (Å²) in [5.74, 6) is 0.652. The third kappa shape index (κ3) is 2.47. The monoisotopic (exact) mass is 259 g/mol. The van der Waals surface area contributed by atoms with Gasteiger partial charge < -0.3 is 10.1 Å². The summed E-state index contributed by atoms with van der Waals surface area (Å²) in [5, 5.41) is 13.1. The van der Waals surface area contributed by atoms with Crippen molar-refractivity contribution in [3.8, 4) is 11.8 Å². The molecule has 0 fully saturated rings. The van der Waals surface area contributed by atoms with Gasteiger partial charge in [0.1, 0.15) is 22.5 Å². The molecule has 0 aliphatic rings. The molecular formula is C12H9N3O2S. The van der Waals surface area contributed by atoms with Gasteiger partial charge in [0.2, 0.25) is 0 Å². The highest BCUT2D eigenvalue weighted by Gasteiger charge is 2.14. The fraction of sp³-hybridized carbons (Fsp3) is 0.0833. The van der Waals surface area contributed by atoms with Crippen LogP contribution >= 0.6 is 11.3 Å². The number of aromatic nitrogens is 1. The van der Waals surface area contributed by atoms with E-state index in [0.29, 0.717) is 22.0 Å². The molecule has 2 rings (SSSR count). The van der Waals surface area contributed by atoms with Crippen LogP contribution in [-0.4, -0.2) is 18.0 Å². The first-order valence-corrected chi connectivity index (χ1v) is 5.91. The summed E-state index contributed by atoms with van der Waals surface area (Å²) in [6.07, 6.45) is 1.40. The van der Waals surface area contributed by atoms with Crippen LogP contribution in [0.2, 0.25) is 0 Å². The highest BCUT2D eigenvalue weighted by atomic mass is 32.1. The number of ether oxygens (including phenoxy) is 1. The van der Waals surface area contributed by atoms with E-state index >= 15 is 0 Å². The van der Waals surface area contributed by atoms with Crippen molar-refractivity contribution in [2.75, 3.05) is 12.4 Å². The van der Waals surface area contributed by atoms with Crippen molar-refractivity contribution in [1.29, 1.82) is 5.26 Å². The molecule has 0 aliphatic carbocycles. The number of carbonyl (C=O) groups excluding carboxylic acids is 1. The zero-order chi connectivity index (χ0) is 13.0. The van der Waals surface area contributed by atoms with Gasteiger partial charge in [0.05, 0.1) is 12.7 Å². The molecule has 0 aromatic carbocycles. The van der Waals surface area contributed by atoms with E-state index in [1.165, 1.54) is 24.6 Å². The van der Waals surface area contributed by atoms with E-state index in [-0.39, 0.29) is 5.91 Å². The van der Waals surface area contributed by atoms with E-state index in [0.717, 1.165) is 0 Å². The van der Waals surface area contributed by atoms with Crippen LogP contribution in [0.4, 0.5) is 5.82 Å². The first kappa shape index (κ1) is 12.1. The number of rotatable bonds is 3. The van der Waals surface area contributed by atoms with Crippen LogP contribution in [0.1, 0.15) is 15.2 Å². The number of anilines is 1. The second-order valence-electron chi connectivity index (χ2n) is 3.32. The van der Waals surface area contributed by atoms with Crippen LogP contribution in [0.25, 0.3) is 0 Å². The molecule has 2 heterocycles. The van der Waals surface area contributed by atoms with Crippen LogP contribution in [0, 0.1) is 11.3 Å². The molecule has 0 bridgehead atoms. The molecule has 0 saturated heterocycles. The van der Waals surface area contributed by atoms with Crippen LogP contribution in [0.3, 0.4) is 0 Å². The summed E-state index contributed by atoms with van der Waals surface area (Å²) >= 11 is 1.29. The third-order valence-corrected chi connectivity index (χ3v) is 3.08. The highest BCUT2D eigenvalue weighted by molar-refractivity contribution is 7.12. The Bertz CT molecular complexity index is 599. The van der Waals surface area contributed by atoms with E-state index in [9.17, 15) is 4.79 Å². The predicted octanol–water partition coefficient (Wildman–Crippen LogP) is 2.28. The topological polar surface area (TPSA) is 75.0 Å². The number of nitrogens with zero attached hydrogens (tertiary/aromatic N) is 2. The van der Waals surface area contributed by atoms with Crippen LogP contribution in [0.5, 0.6) is 5.75 Å². The van der Waals surface area contributed by atoms with E-state index < -0.39 is 0 Å². The summed E-state index contributed by atoms with van der Waals surface area (Å²) < 4.78 is 5.07. The van der Waals surface area contributed by atoms with Crippen molar-refractivity contribution < 1.29 is 9.53 Å². The molecule has 90 valence electrons. The molecule has 2 aromatic rings. The number of hydrogen-bond acceptors (Lipinski definition) is 5. The number of amides is 1. The van der Waals surface area contributed by atoms with Gasteiger partial charge in [-0.3, -0.25) is 4.79 Å². The van der Waals surface area contributed by atoms with Gasteiger partial charge in [-0.25, -0.2) is 4.98 Å². The number of carbonyl (C=O) groups is 1. The maximum Gasteiger partial charge on any atom is 0.270 e. The van der Waals surface area contributed by atoms with Gasteiger partial charge in [0, 0.05) is 6.20 Å². The van der Waals surface area contributed by atoms with Gasteiger partial charge in [-0.1, -0.05) is 0 Å². The zero-order valence-electron chi connectivity index (χ0n) is 9.51. The molecule has 18 heavy (non-hydrogen) atoms. The maximum atomic E-state index is 11.9. The zero-order valence-corrected chi connectivity index (χ0v) is 10.3. The Morgan fingerprint density at radius 1 is 1.50 bits per heavy atom. The Hall–Kier alpha value is -2.39. The number of thiophene rings is 1. The maximum absolute atomic E-state index is 11.9. The predicted molar refractivity (Wildman–Crippen MR) is 67.8 cm³/mol. The molecule has 0 saturated carbocycles. The van der Waals surface area contributed by atoms with Crippen molar-refractivity contribution in [2.45, 2.75) is 0 Å². The molecule has 0 atom stereocenters. The first-order valence-electron chi connectivity index (χ1n) is 5.03. The number of nitriles is 1. The molecule has 2 aromatic heterocycles. The molecule has 1 amide bonds. The average Bonchev–Trinajstić information content (AvgIpc) is 2.88. The van der Waals surface area contributed by atoms with Gasteiger partial charge in [0.15, 0.2) is 0 Å². The van der Waals surface area contributed by atoms with Gasteiger partial charge in [0.25, 0.3) is 5.91 Å². The van der Waals surface area contributed by atoms with E-state index in [2.05, 4.69) is 10.3 Å². The SMILES string of the molecule is COc1ccsc1C(=O)Nc1ccc(C#N)cn1. The Labute approximate surface area is 108 Å². The fourth-order valence-electron chi connectivity index (χ4n) is 1.33. The number of hydrogen-bond donors (Lipinski definition) is 1. The largest absolute Gasteiger partial charge is 0.495 e. The summed E-state index contributed by atoms with van der Waals surface area (Å²) in [4.78, 5) is 16.4. The van der Waals surface area contributed by atoms with Crippen LogP contribution < -0.4 is 10.1 Å². The van der Waals surface area contributed by atoms with Gasteiger partial charge in [-0.2, -0.15) is 5.26 Å². The number of methoxy groups -OCH3 is 1. The van der Waals surface area contributed by atoms with Gasteiger partial charge in [-0.05, 0) is 23.6 Å². The Kier molecular flexibility index (Phi) is 3.55. The summed E-state index contributed by atoms with van der Waals surface area (Å²) in [7, 11) is 1.51. The standard InChI is InChI=1S/C12H9N3O2S/c1-17-9-4-5-18-11(9)12(16)15-10-3-2-8(6-13)7-14-10/h2-5,7H,1H3,(H,14,15,16). The van der Waals surface area contributed by atoms with Crippen molar-refractivity contribution in [2.24, 2.45) is 0 Å². The first-order chi connectivity index (χ1) is 8.74. The molecule has 5 nitrogen and oxygen atoms in total. The minimum absolute atomic E-state index is 0.279. The Balaban J connectivity index is 2.14. The summed E-state index contributed by atoms with van der Waals surface area (Å²) in [5.41, 5.74) is 0.446. The fourth-order valence-corrected chi connectivity index (χ4v) is 2.08. The molecule has 0 spiro atoms. The van der Waals surface area contributed by atoms with E-state index in [1.54, 1.807) is 23.6 Å². The molecule has 6 heteroatoms. The lowest BCUT2D eigenvalue weighted by Gasteiger charge is -2.04. The third-order valence-electron chi connectivity index (χ3n) is 2.19. The normalized spacial score (nSPS) is 9.56. The summed E-state index contributed by atoms with van der Waals surface area (Å²) in [6.45, 7) is 0. The van der Waals surface area contributed by atoms with Gasteiger partial charge in [-0.15, -0.1) is 11.3 Å². The summed E-state index contributed by atoms with van der Waals surface area (Å²) in [6, 6.07) is 6.86. The second-order valence-corrected chi connectivity index (χ2v) is 4.23. The average molecular weight is 259 g/mol. The number of pyridine rings is 1. The molecule has 0 unspecified atom stereocenters. The smallest absolute Gasteiger partial charge is 0.270 e. The molecular weight excluding hydrogens is 250 g/mol. The Morgan fingerprint density at radius 2 is 2.33 bits per heavy atom. The quantitative estimate of drug-likeness (QED) is 0.917. The minimum Gasteiger partial charge on any atom is -0.495 e. The molecule has 0 aliphatic heterocycles. The highest BCUT2D eigenvalue weighted by Crippen LogP contribution is 2.25. The van der Waals surface area contributed by atoms with Crippen LogP contribution in [0.15, 0.2) is 29.8 Å². The van der Waals surface area contributed by atoms with E-state index in [1.807, 2.05) is 6.07 Å². The minimum atomic E-state index is -0.279. The lowest BCUT2D eigenvalue weighted by Crippen LogP contribution is -2.12. The van der Waals surface area contributed by atoms with Crippen molar-refractivity contribution in [3.63, 3.8) is 0 Å². The molecule has 1 N–H and O–H groups in total. The van der Waals surface area contributed by atoms with Crippen molar-refractivity contribution in [1.82, 2.24) is 4.98 Å². The second kappa shape index (κ2) is 5.29. The van der Waals surface area contributed by atoms with Gasteiger partial charge >= 0.3 is 0 Å². The Morgan fingerprint density at radius 3 is 2.94 bits per heavy atom.